The molecular weight excluding hydrogens is 282 g/mol. The third-order valence-corrected chi connectivity index (χ3v) is 4.24. The Labute approximate surface area is 134 Å². The monoisotopic (exact) mass is 297 g/mol. The fraction of sp³-hybridized carbons (Fsp3) is 0.0952. The van der Waals surface area contributed by atoms with Crippen molar-refractivity contribution in [1.82, 2.24) is 0 Å². The number of para-hydroxylation sites is 1. The van der Waals surface area contributed by atoms with Crippen molar-refractivity contribution in [2.75, 3.05) is 0 Å². The minimum absolute atomic E-state index is 0.221. The van der Waals surface area contributed by atoms with Crippen LogP contribution in [0.25, 0.3) is 21.7 Å². The Kier molecular flexibility index (Phi) is 3.33. The summed E-state index contributed by atoms with van der Waals surface area (Å²) in [6.07, 6.45) is 0.583. The fourth-order valence-electron chi connectivity index (χ4n) is 3.12. The molecule has 4 aromatic rings. The Hall–Kier alpha value is -3.05. The molecular formula is C21H15NO. The van der Waals surface area contributed by atoms with Crippen LogP contribution in [0, 0.1) is 11.3 Å². The van der Waals surface area contributed by atoms with Crippen molar-refractivity contribution < 1.29 is 4.42 Å². The fourth-order valence-corrected chi connectivity index (χ4v) is 3.12. The highest BCUT2D eigenvalue weighted by molar-refractivity contribution is 5.86. The van der Waals surface area contributed by atoms with E-state index in [2.05, 4.69) is 24.3 Å². The van der Waals surface area contributed by atoms with Crippen LogP contribution in [0.4, 0.5) is 0 Å². The van der Waals surface area contributed by atoms with Gasteiger partial charge in [-0.15, -0.1) is 0 Å². The second kappa shape index (κ2) is 5.62. The van der Waals surface area contributed by atoms with E-state index in [1.807, 2.05) is 54.6 Å². The van der Waals surface area contributed by atoms with Crippen LogP contribution in [0.2, 0.25) is 0 Å². The summed E-state index contributed by atoms with van der Waals surface area (Å²) >= 11 is 0. The molecule has 0 aliphatic carbocycles. The molecule has 110 valence electrons. The van der Waals surface area contributed by atoms with Crippen LogP contribution in [-0.2, 0) is 6.42 Å². The second-order valence-electron chi connectivity index (χ2n) is 5.70. The van der Waals surface area contributed by atoms with E-state index in [1.54, 1.807) is 0 Å². The summed E-state index contributed by atoms with van der Waals surface area (Å²) in [5, 5.41) is 13.1. The molecule has 1 atom stereocenters. The summed E-state index contributed by atoms with van der Waals surface area (Å²) in [4.78, 5) is 0. The molecule has 1 aromatic heterocycles. The summed E-state index contributed by atoms with van der Waals surface area (Å²) in [5.41, 5.74) is 1.93. The molecule has 23 heavy (non-hydrogen) atoms. The van der Waals surface area contributed by atoms with Gasteiger partial charge in [-0.3, -0.25) is 0 Å². The number of nitrogens with zero attached hydrogens (tertiary/aromatic N) is 1. The van der Waals surface area contributed by atoms with Crippen molar-refractivity contribution in [3.63, 3.8) is 0 Å². The molecule has 0 saturated carbocycles. The van der Waals surface area contributed by atoms with E-state index >= 15 is 0 Å². The van der Waals surface area contributed by atoms with E-state index in [9.17, 15) is 5.26 Å². The summed E-state index contributed by atoms with van der Waals surface area (Å²) < 4.78 is 5.88. The third kappa shape index (κ3) is 2.47. The lowest BCUT2D eigenvalue weighted by Gasteiger charge is -2.11. The van der Waals surface area contributed by atoms with Gasteiger partial charge in [0.05, 0.1) is 12.0 Å². The third-order valence-electron chi connectivity index (χ3n) is 4.24. The molecule has 0 spiro atoms. The van der Waals surface area contributed by atoms with Gasteiger partial charge in [-0.25, -0.2) is 0 Å². The molecule has 0 amide bonds. The van der Waals surface area contributed by atoms with Crippen molar-refractivity contribution in [3.8, 4) is 6.07 Å². The number of fused-ring (bicyclic) bond motifs is 2. The predicted molar refractivity (Wildman–Crippen MR) is 92.2 cm³/mol. The van der Waals surface area contributed by atoms with Gasteiger partial charge in [0.1, 0.15) is 11.3 Å². The molecule has 2 nitrogen and oxygen atoms in total. The number of hydrogen-bond acceptors (Lipinski definition) is 2. The lowest BCUT2D eigenvalue weighted by molar-refractivity contribution is 0.539. The second-order valence-corrected chi connectivity index (χ2v) is 5.70. The van der Waals surface area contributed by atoms with Crippen LogP contribution in [0.1, 0.15) is 17.2 Å². The van der Waals surface area contributed by atoms with E-state index < -0.39 is 0 Å². The molecule has 0 saturated heterocycles. The molecule has 0 aliphatic heterocycles. The number of nitriles is 1. The van der Waals surface area contributed by atoms with Gasteiger partial charge in [-0.05, 0) is 28.5 Å². The Balaban J connectivity index is 1.75. The molecule has 4 rings (SSSR count). The highest BCUT2D eigenvalue weighted by Gasteiger charge is 2.16. The van der Waals surface area contributed by atoms with Gasteiger partial charge in [0.2, 0.25) is 0 Å². The van der Waals surface area contributed by atoms with Gasteiger partial charge >= 0.3 is 0 Å². The Morgan fingerprint density at radius 2 is 1.61 bits per heavy atom. The maximum Gasteiger partial charge on any atom is 0.134 e. The van der Waals surface area contributed by atoms with Crippen molar-refractivity contribution in [1.29, 1.82) is 5.26 Å². The minimum atomic E-state index is -0.221. The van der Waals surface area contributed by atoms with Crippen LogP contribution in [0.3, 0.4) is 0 Å². The van der Waals surface area contributed by atoms with E-state index in [4.69, 9.17) is 4.42 Å². The molecule has 3 aromatic carbocycles. The van der Waals surface area contributed by atoms with Crippen LogP contribution in [0.5, 0.6) is 0 Å². The summed E-state index contributed by atoms with van der Waals surface area (Å²) in [7, 11) is 0. The summed E-state index contributed by atoms with van der Waals surface area (Å²) in [6, 6.07) is 26.7. The number of rotatable bonds is 3. The van der Waals surface area contributed by atoms with Crippen molar-refractivity contribution in [2.45, 2.75) is 12.3 Å². The van der Waals surface area contributed by atoms with E-state index in [1.165, 1.54) is 0 Å². The SMILES string of the molecule is N#CC(Cc1cc2ccccc2o1)c1cccc2ccccc12. The zero-order chi connectivity index (χ0) is 15.6. The highest BCUT2D eigenvalue weighted by Crippen LogP contribution is 2.29. The molecule has 1 heterocycles. The minimum Gasteiger partial charge on any atom is -0.461 e. The van der Waals surface area contributed by atoms with E-state index in [-0.39, 0.29) is 5.92 Å². The maximum atomic E-state index is 9.68. The van der Waals surface area contributed by atoms with E-state index in [0.717, 1.165) is 33.1 Å². The lowest BCUT2D eigenvalue weighted by Crippen LogP contribution is -2.00. The van der Waals surface area contributed by atoms with E-state index in [0.29, 0.717) is 6.42 Å². The normalized spacial score (nSPS) is 12.3. The van der Waals surface area contributed by atoms with Gasteiger partial charge < -0.3 is 4.42 Å². The lowest BCUT2D eigenvalue weighted by atomic mass is 9.91. The number of benzene rings is 3. The van der Waals surface area contributed by atoms with Crippen LogP contribution in [-0.4, -0.2) is 0 Å². The Bertz CT molecular complexity index is 984. The topological polar surface area (TPSA) is 36.9 Å². The van der Waals surface area contributed by atoms with Crippen LogP contribution >= 0.6 is 0 Å². The Morgan fingerprint density at radius 1 is 0.870 bits per heavy atom. The molecule has 0 aliphatic rings. The number of furan rings is 1. The number of hydrogen-bond donors (Lipinski definition) is 0. The summed E-state index contributed by atoms with van der Waals surface area (Å²) in [5.74, 6) is 0.632. The molecule has 2 heteroatoms. The maximum absolute atomic E-state index is 9.68. The van der Waals surface area contributed by atoms with Gasteiger partial charge in [-0.1, -0.05) is 60.7 Å². The molecule has 0 radical (unpaired) electrons. The standard InChI is InChI=1S/C21H15NO/c22-14-17(13-18-12-16-7-2-4-11-21(16)23-18)20-10-5-8-15-6-1-3-9-19(15)20/h1-12,17H,13H2. The largest absolute Gasteiger partial charge is 0.461 e. The highest BCUT2D eigenvalue weighted by atomic mass is 16.3. The van der Waals surface area contributed by atoms with Crippen LogP contribution < -0.4 is 0 Å². The Morgan fingerprint density at radius 3 is 2.43 bits per heavy atom. The zero-order valence-electron chi connectivity index (χ0n) is 12.6. The molecule has 0 fully saturated rings. The van der Waals surface area contributed by atoms with Gasteiger partial charge in [0.25, 0.3) is 0 Å². The first kappa shape index (κ1) is 13.6. The van der Waals surface area contributed by atoms with Crippen molar-refractivity contribution >= 4 is 21.7 Å². The van der Waals surface area contributed by atoms with Gasteiger partial charge in [-0.2, -0.15) is 5.26 Å². The first-order chi connectivity index (χ1) is 11.3. The van der Waals surface area contributed by atoms with Crippen LogP contribution in [0.15, 0.2) is 77.2 Å². The quantitative estimate of drug-likeness (QED) is 0.505. The summed E-state index contributed by atoms with van der Waals surface area (Å²) in [6.45, 7) is 0. The molecule has 1 unspecified atom stereocenters. The average Bonchev–Trinajstić information content (AvgIpc) is 3.02. The zero-order valence-corrected chi connectivity index (χ0v) is 12.6. The molecule has 0 N–H and O–H groups in total. The van der Waals surface area contributed by atoms with Gasteiger partial charge in [0.15, 0.2) is 0 Å². The van der Waals surface area contributed by atoms with Gasteiger partial charge in [0, 0.05) is 11.8 Å². The smallest absolute Gasteiger partial charge is 0.134 e. The predicted octanol–water partition coefficient (Wildman–Crippen LogP) is 5.44. The first-order valence-corrected chi connectivity index (χ1v) is 7.70. The average molecular weight is 297 g/mol. The van der Waals surface area contributed by atoms with Crippen molar-refractivity contribution in [2.24, 2.45) is 0 Å². The molecule has 0 bridgehead atoms. The first-order valence-electron chi connectivity index (χ1n) is 7.70. The van der Waals surface area contributed by atoms with Crippen molar-refractivity contribution in [3.05, 3.63) is 84.1 Å².